The van der Waals surface area contributed by atoms with Crippen molar-refractivity contribution in [2.75, 3.05) is 6.61 Å². The second-order valence-corrected chi connectivity index (χ2v) is 22.4. The van der Waals surface area contributed by atoms with Gasteiger partial charge in [0.2, 0.25) is 0 Å². The van der Waals surface area contributed by atoms with Gasteiger partial charge in [-0.1, -0.05) is 54.5 Å². The van der Waals surface area contributed by atoms with Gasteiger partial charge in [-0.05, 0) is 36.3 Å². The molecular weight excluding hydrogens is 436 g/mol. The van der Waals surface area contributed by atoms with Crippen LogP contribution < -0.4 is 0 Å². The molecule has 0 bridgehead atoms. The van der Waals surface area contributed by atoms with Crippen LogP contribution in [0.3, 0.4) is 0 Å². The lowest BCUT2D eigenvalue weighted by Crippen LogP contribution is -2.58. The van der Waals surface area contributed by atoms with Crippen molar-refractivity contribution in [3.63, 3.8) is 0 Å². The van der Waals surface area contributed by atoms with E-state index >= 15 is 0 Å². The molecule has 2 fully saturated rings. The average molecular weight is 487 g/mol. The summed E-state index contributed by atoms with van der Waals surface area (Å²) in [6.45, 7) is 29.1. The van der Waals surface area contributed by atoms with E-state index in [4.69, 9.17) is 18.3 Å². The molecule has 2 rings (SSSR count). The molecule has 188 valence electrons. The fourth-order valence-corrected chi connectivity index (χ4v) is 6.52. The molecule has 0 aromatic carbocycles. The highest BCUT2D eigenvalue weighted by atomic mass is 28.4. The minimum atomic E-state index is -2.01. The zero-order valence-corrected chi connectivity index (χ0v) is 24.5. The standard InChI is InChI=1S/C25H50O5Si2/c1-13-17(2)23-21(30-32(11,12)25(6,7)8)15-20(29-31(9,10)24(3,4)5)18(28-23)14-19-22(16-26)27-19/h13,17-23,26H,1,14-16H2,2-12H3/t17-,18+,19+,20+,21-,22-,23-/m0/s1. The van der Waals surface area contributed by atoms with Gasteiger partial charge in [-0.25, -0.2) is 0 Å². The maximum atomic E-state index is 9.47. The largest absolute Gasteiger partial charge is 0.411 e. The van der Waals surface area contributed by atoms with Crippen LogP contribution in [0.1, 0.15) is 61.3 Å². The van der Waals surface area contributed by atoms with E-state index in [1.807, 2.05) is 6.08 Å². The molecule has 0 radical (unpaired) electrons. The smallest absolute Gasteiger partial charge is 0.192 e. The Kier molecular flexibility index (Phi) is 8.74. The van der Waals surface area contributed by atoms with Crippen LogP contribution in [-0.2, 0) is 18.3 Å². The van der Waals surface area contributed by atoms with Crippen LogP contribution in [0.4, 0.5) is 0 Å². The van der Waals surface area contributed by atoms with Crippen molar-refractivity contribution >= 4 is 16.6 Å². The van der Waals surface area contributed by atoms with Crippen LogP contribution in [0.2, 0.25) is 36.3 Å². The summed E-state index contributed by atoms with van der Waals surface area (Å²) in [7, 11) is -4.00. The lowest BCUT2D eigenvalue weighted by atomic mass is 9.89. The van der Waals surface area contributed by atoms with Crippen LogP contribution in [-0.4, -0.2) is 65.0 Å². The Hall–Kier alpha value is -0.0262. The third-order valence-electron chi connectivity index (χ3n) is 8.30. The molecule has 2 aliphatic heterocycles. The van der Waals surface area contributed by atoms with Gasteiger partial charge >= 0.3 is 0 Å². The number of rotatable bonds is 9. The first-order chi connectivity index (χ1) is 14.4. The van der Waals surface area contributed by atoms with Crippen molar-refractivity contribution in [2.24, 2.45) is 5.92 Å². The molecule has 0 spiro atoms. The van der Waals surface area contributed by atoms with Gasteiger partial charge in [0, 0.05) is 18.8 Å². The van der Waals surface area contributed by atoms with Gasteiger partial charge in [-0.3, -0.25) is 0 Å². The average Bonchev–Trinajstić information content (AvgIpc) is 3.38. The van der Waals surface area contributed by atoms with E-state index in [0.717, 1.165) is 12.8 Å². The van der Waals surface area contributed by atoms with E-state index < -0.39 is 16.6 Å². The molecule has 7 atom stereocenters. The number of epoxide rings is 1. The first-order valence-corrected chi connectivity index (χ1v) is 18.1. The van der Waals surface area contributed by atoms with E-state index in [1.165, 1.54) is 0 Å². The maximum absolute atomic E-state index is 9.47. The summed E-state index contributed by atoms with van der Waals surface area (Å²) in [6, 6.07) is 0. The highest BCUT2D eigenvalue weighted by molar-refractivity contribution is 6.74. The molecule has 7 heteroatoms. The van der Waals surface area contributed by atoms with Crippen molar-refractivity contribution in [2.45, 2.75) is 134 Å². The summed E-state index contributed by atoms with van der Waals surface area (Å²) in [6.07, 6.45) is 3.33. The van der Waals surface area contributed by atoms with Gasteiger partial charge in [-0.15, -0.1) is 6.58 Å². The molecule has 0 saturated carbocycles. The normalized spacial score (nSPS) is 33.1. The lowest BCUT2D eigenvalue weighted by Gasteiger charge is -2.50. The Balaban J connectivity index is 2.33. The van der Waals surface area contributed by atoms with Gasteiger partial charge in [0.25, 0.3) is 0 Å². The van der Waals surface area contributed by atoms with E-state index in [2.05, 4.69) is 81.2 Å². The number of aliphatic hydroxyl groups excluding tert-OH is 1. The highest BCUT2D eigenvalue weighted by Gasteiger charge is 2.51. The van der Waals surface area contributed by atoms with Crippen molar-refractivity contribution in [1.82, 2.24) is 0 Å². The van der Waals surface area contributed by atoms with Crippen molar-refractivity contribution in [1.29, 1.82) is 0 Å². The molecule has 2 saturated heterocycles. The van der Waals surface area contributed by atoms with Crippen molar-refractivity contribution < 1.29 is 23.4 Å². The Morgan fingerprint density at radius 2 is 1.41 bits per heavy atom. The zero-order chi connectivity index (χ0) is 24.7. The molecule has 0 unspecified atom stereocenters. The van der Waals surface area contributed by atoms with Gasteiger partial charge in [0.05, 0.1) is 37.1 Å². The van der Waals surface area contributed by atoms with E-state index in [-0.39, 0.29) is 59.2 Å². The minimum Gasteiger partial charge on any atom is -0.411 e. The molecule has 1 N–H and O–H groups in total. The lowest BCUT2D eigenvalue weighted by molar-refractivity contribution is -0.173. The van der Waals surface area contributed by atoms with E-state index in [1.54, 1.807) is 0 Å². The third-order valence-corrected chi connectivity index (χ3v) is 17.3. The van der Waals surface area contributed by atoms with Crippen LogP contribution in [0.15, 0.2) is 12.7 Å². The zero-order valence-electron chi connectivity index (χ0n) is 22.5. The quantitative estimate of drug-likeness (QED) is 0.250. The molecule has 32 heavy (non-hydrogen) atoms. The summed E-state index contributed by atoms with van der Waals surface area (Å²) in [5, 5.41) is 9.71. The third kappa shape index (κ3) is 6.55. The molecule has 0 amide bonds. The molecule has 2 aliphatic rings. The molecular formula is C25H50O5Si2. The topological polar surface area (TPSA) is 60.5 Å². The van der Waals surface area contributed by atoms with Gasteiger partial charge in [0.15, 0.2) is 16.6 Å². The number of hydrogen-bond donors (Lipinski definition) is 1. The van der Waals surface area contributed by atoms with Crippen molar-refractivity contribution in [3.8, 4) is 0 Å². The summed E-state index contributed by atoms with van der Waals surface area (Å²) in [4.78, 5) is 0. The van der Waals surface area contributed by atoms with E-state index in [0.29, 0.717) is 0 Å². The molecule has 0 aliphatic carbocycles. The predicted octanol–water partition coefficient (Wildman–Crippen LogP) is 5.90. The first-order valence-electron chi connectivity index (χ1n) is 12.3. The number of ether oxygens (including phenoxy) is 2. The fourth-order valence-electron chi connectivity index (χ4n) is 3.82. The Bertz CT molecular complexity index is 637. The Morgan fingerprint density at radius 3 is 1.81 bits per heavy atom. The van der Waals surface area contributed by atoms with E-state index in [9.17, 15) is 5.11 Å². The second kappa shape index (κ2) is 9.92. The minimum absolute atomic E-state index is 0.0244. The predicted molar refractivity (Wildman–Crippen MR) is 137 cm³/mol. The van der Waals surface area contributed by atoms with Crippen LogP contribution >= 0.6 is 0 Å². The molecule has 0 aromatic heterocycles. The Morgan fingerprint density at radius 1 is 0.906 bits per heavy atom. The summed E-state index contributed by atoms with van der Waals surface area (Å²) >= 11 is 0. The van der Waals surface area contributed by atoms with Crippen LogP contribution in [0.25, 0.3) is 0 Å². The van der Waals surface area contributed by atoms with Gasteiger partial charge in [0.1, 0.15) is 6.10 Å². The van der Waals surface area contributed by atoms with Gasteiger partial charge < -0.3 is 23.4 Å². The van der Waals surface area contributed by atoms with Crippen LogP contribution in [0.5, 0.6) is 0 Å². The SMILES string of the molecule is C=C[C@H](C)[C@@H]1O[C@H](C[C@H]2O[C@H]2CO)[C@H](O[Si](C)(C)C(C)(C)C)C[C@@H]1O[Si](C)(C)C(C)(C)C. The maximum Gasteiger partial charge on any atom is 0.192 e. The molecule has 0 aromatic rings. The molecule has 5 nitrogen and oxygen atoms in total. The van der Waals surface area contributed by atoms with Crippen molar-refractivity contribution in [3.05, 3.63) is 12.7 Å². The summed E-state index contributed by atoms with van der Waals surface area (Å²) in [5.41, 5.74) is 0. The van der Waals surface area contributed by atoms with Gasteiger partial charge in [-0.2, -0.15) is 0 Å². The number of aliphatic hydroxyl groups is 1. The van der Waals surface area contributed by atoms with Crippen LogP contribution in [0, 0.1) is 5.92 Å². The highest BCUT2D eigenvalue weighted by Crippen LogP contribution is 2.44. The fraction of sp³-hybridized carbons (Fsp3) is 0.920. The summed E-state index contributed by atoms with van der Waals surface area (Å²) < 4.78 is 26.4. The number of hydrogen-bond acceptors (Lipinski definition) is 5. The Labute approximate surface area is 199 Å². The second-order valence-electron chi connectivity index (χ2n) is 12.9. The monoisotopic (exact) mass is 486 g/mol. The first kappa shape index (κ1) is 28.2. The summed E-state index contributed by atoms with van der Waals surface area (Å²) in [5.74, 6) is 0.176. The molecule has 2 heterocycles.